The predicted molar refractivity (Wildman–Crippen MR) is 169 cm³/mol. The van der Waals surface area contributed by atoms with Crippen LogP contribution in [0.2, 0.25) is 0 Å². The predicted octanol–water partition coefficient (Wildman–Crippen LogP) is 8.66. The van der Waals surface area contributed by atoms with Crippen molar-refractivity contribution in [3.8, 4) is 17.6 Å². The summed E-state index contributed by atoms with van der Waals surface area (Å²) in [5, 5.41) is 29.7. The molecule has 2 aromatic rings. The number of para-hydroxylation sites is 1. The maximum Gasteiger partial charge on any atom is 0.190 e. The zero-order valence-corrected chi connectivity index (χ0v) is 27.9. The summed E-state index contributed by atoms with van der Waals surface area (Å²) < 4.78 is 24.7. The number of benzene rings is 2. The molecule has 0 aliphatic heterocycles. The van der Waals surface area contributed by atoms with Crippen molar-refractivity contribution in [1.29, 1.82) is 5.26 Å². The topological polar surface area (TPSA) is 98.4 Å². The number of rotatable bonds is 3. The van der Waals surface area contributed by atoms with Gasteiger partial charge in [-0.25, -0.2) is 8.42 Å². The molecule has 2 N–H and O–H groups in total. The van der Waals surface area contributed by atoms with Crippen LogP contribution in [0.4, 0.5) is 0 Å². The molecule has 0 spiro atoms. The monoisotopic (exact) mass is 569 g/mol. The van der Waals surface area contributed by atoms with Gasteiger partial charge in [-0.05, 0) is 70.4 Å². The molecule has 2 aromatic carbocycles. The third kappa shape index (κ3) is 8.61. The highest BCUT2D eigenvalue weighted by Gasteiger charge is 2.28. The van der Waals surface area contributed by atoms with Crippen LogP contribution in [0.5, 0.6) is 11.5 Å². The summed E-state index contributed by atoms with van der Waals surface area (Å²) in [5.41, 5.74) is 3.44. The molecule has 0 amide bonds. The summed E-state index contributed by atoms with van der Waals surface area (Å²) in [5.74, 6) is 0.680. The van der Waals surface area contributed by atoms with Crippen LogP contribution < -0.4 is 0 Å². The molecule has 0 aromatic heterocycles. The van der Waals surface area contributed by atoms with E-state index in [2.05, 4.69) is 41.5 Å². The molecular formula is C34H51NO4S. The van der Waals surface area contributed by atoms with Crippen LogP contribution in [0.15, 0.2) is 35.2 Å². The van der Waals surface area contributed by atoms with Crippen molar-refractivity contribution in [1.82, 2.24) is 0 Å². The maximum absolute atomic E-state index is 12.4. The Labute approximate surface area is 243 Å². The minimum Gasteiger partial charge on any atom is -0.507 e. The molecule has 0 unspecified atom stereocenters. The summed E-state index contributed by atoms with van der Waals surface area (Å²) in [4.78, 5) is -0.257. The van der Waals surface area contributed by atoms with Gasteiger partial charge in [-0.1, -0.05) is 101 Å². The van der Waals surface area contributed by atoms with Gasteiger partial charge in [0.05, 0.1) is 5.25 Å². The zero-order chi connectivity index (χ0) is 31.6. The number of aromatic hydroxyl groups is 2. The molecular weight excluding hydrogens is 518 g/mol. The minimum absolute atomic E-state index is 0.00859. The van der Waals surface area contributed by atoms with Gasteiger partial charge < -0.3 is 10.2 Å². The van der Waals surface area contributed by atoms with Gasteiger partial charge in [0.25, 0.3) is 0 Å². The first-order chi connectivity index (χ1) is 17.8. The van der Waals surface area contributed by atoms with E-state index in [4.69, 9.17) is 0 Å². The van der Waals surface area contributed by atoms with Crippen LogP contribution in [-0.2, 0) is 31.5 Å². The summed E-state index contributed by atoms with van der Waals surface area (Å²) in [6.45, 7) is 27.7. The van der Waals surface area contributed by atoms with Crippen LogP contribution >= 0.6 is 0 Å². The molecule has 5 nitrogen and oxygen atoms in total. The molecule has 0 saturated carbocycles. The van der Waals surface area contributed by atoms with Crippen LogP contribution in [0, 0.1) is 11.3 Å². The second-order valence-electron chi connectivity index (χ2n) is 14.9. The van der Waals surface area contributed by atoms with Gasteiger partial charge >= 0.3 is 0 Å². The highest BCUT2D eigenvalue weighted by Crippen LogP contribution is 2.41. The smallest absolute Gasteiger partial charge is 0.190 e. The molecule has 0 aliphatic rings. The first-order valence-corrected chi connectivity index (χ1v) is 15.4. The Morgan fingerprint density at radius 2 is 1.05 bits per heavy atom. The number of nitriles is 1. The summed E-state index contributed by atoms with van der Waals surface area (Å²) in [6, 6.07) is 11.4. The third-order valence-electron chi connectivity index (χ3n) is 6.74. The highest BCUT2D eigenvalue weighted by atomic mass is 32.2. The first kappa shape index (κ1) is 35.2. The van der Waals surface area contributed by atoms with E-state index in [0.717, 1.165) is 22.3 Å². The van der Waals surface area contributed by atoms with E-state index >= 15 is 0 Å². The van der Waals surface area contributed by atoms with E-state index in [1.54, 1.807) is 26.0 Å². The number of hydrogen-bond acceptors (Lipinski definition) is 5. The van der Waals surface area contributed by atoms with Crippen molar-refractivity contribution in [2.24, 2.45) is 0 Å². The minimum atomic E-state index is -3.66. The lowest BCUT2D eigenvalue weighted by atomic mass is 9.78. The third-order valence-corrected chi connectivity index (χ3v) is 8.80. The summed E-state index contributed by atoms with van der Waals surface area (Å²) >= 11 is 0. The second kappa shape index (κ2) is 12.0. The number of phenolic OH excluding ortho intramolecular Hbond substituents is 2. The van der Waals surface area contributed by atoms with Gasteiger partial charge in [0.2, 0.25) is 0 Å². The van der Waals surface area contributed by atoms with E-state index in [1.807, 2.05) is 65.8 Å². The Bertz CT molecular complexity index is 1310. The fraction of sp³-hybridized carbons (Fsp3) is 0.559. The SMILES string of the molecule is CC(C)(C)c1cccc(C(C)(C)C)c1O.CC(C)S(=O)(=O)/C(C#N)=C/c1cc(C(C)(C)C)c(O)c(C(C)(C)C)c1. The van der Waals surface area contributed by atoms with E-state index in [0.29, 0.717) is 11.3 Å². The fourth-order valence-corrected chi connectivity index (χ4v) is 5.16. The number of hydrogen-bond donors (Lipinski definition) is 2. The first-order valence-electron chi connectivity index (χ1n) is 13.8. The summed E-state index contributed by atoms with van der Waals surface area (Å²) in [7, 11) is -3.66. The number of phenols is 2. The molecule has 0 fully saturated rings. The van der Waals surface area contributed by atoms with E-state index in [1.165, 1.54) is 6.08 Å². The largest absolute Gasteiger partial charge is 0.507 e. The number of nitrogens with zero attached hydrogens (tertiary/aromatic N) is 1. The Morgan fingerprint density at radius 1 is 0.725 bits per heavy atom. The van der Waals surface area contributed by atoms with Crippen molar-refractivity contribution in [2.75, 3.05) is 0 Å². The molecule has 2 rings (SSSR count). The molecule has 6 heteroatoms. The summed E-state index contributed by atoms with van der Waals surface area (Å²) in [6.07, 6.45) is 1.40. The fourth-order valence-electron chi connectivity index (χ4n) is 4.22. The number of allylic oxidation sites excluding steroid dienone is 1. The van der Waals surface area contributed by atoms with Gasteiger partial charge in [0.1, 0.15) is 22.5 Å². The quantitative estimate of drug-likeness (QED) is 0.360. The van der Waals surface area contributed by atoms with Gasteiger partial charge in [-0.3, -0.25) is 0 Å². The van der Waals surface area contributed by atoms with Crippen molar-refractivity contribution in [3.63, 3.8) is 0 Å². The lowest BCUT2D eigenvalue weighted by Gasteiger charge is -2.28. The van der Waals surface area contributed by atoms with Crippen LogP contribution in [-0.4, -0.2) is 23.9 Å². The Kier molecular flexibility index (Phi) is 10.6. The van der Waals surface area contributed by atoms with Crippen LogP contribution in [0.3, 0.4) is 0 Å². The van der Waals surface area contributed by atoms with Crippen molar-refractivity contribution in [3.05, 3.63) is 63.1 Å². The second-order valence-corrected chi connectivity index (χ2v) is 17.4. The number of sulfone groups is 1. The van der Waals surface area contributed by atoms with Crippen LogP contribution in [0.25, 0.3) is 6.08 Å². The molecule has 222 valence electrons. The lowest BCUT2D eigenvalue weighted by Crippen LogP contribution is -2.18. The van der Waals surface area contributed by atoms with Gasteiger partial charge in [-0.2, -0.15) is 5.26 Å². The molecule has 0 saturated heterocycles. The van der Waals surface area contributed by atoms with E-state index in [-0.39, 0.29) is 32.3 Å². The Hall–Kier alpha value is -2.78. The molecule has 0 radical (unpaired) electrons. The zero-order valence-electron chi connectivity index (χ0n) is 27.1. The average molecular weight is 570 g/mol. The molecule has 0 heterocycles. The Balaban J connectivity index is 0.000000453. The van der Waals surface area contributed by atoms with Gasteiger partial charge in [-0.15, -0.1) is 0 Å². The van der Waals surface area contributed by atoms with Crippen LogP contribution in [0.1, 0.15) is 125 Å². The standard InChI is InChI=1S/C20H29NO3S.C14H22O/c1-13(2)25(23,24)15(12-21)9-14-10-16(19(3,4)5)18(22)17(11-14)20(6,7)8;1-13(2,3)10-8-7-9-11(12(10)15)14(4,5)6/h9-11,13,22H,1-8H3;7-9,15H,1-6H3/b15-9+;. The maximum atomic E-state index is 12.4. The molecule has 0 bridgehead atoms. The van der Waals surface area contributed by atoms with E-state index < -0.39 is 15.1 Å². The lowest BCUT2D eigenvalue weighted by molar-refractivity contribution is 0.422. The highest BCUT2D eigenvalue weighted by molar-refractivity contribution is 7.96. The normalized spacial score (nSPS) is 13.5. The van der Waals surface area contributed by atoms with Crippen molar-refractivity contribution in [2.45, 2.75) is 124 Å². The van der Waals surface area contributed by atoms with Crippen molar-refractivity contribution >= 4 is 15.9 Å². The van der Waals surface area contributed by atoms with Gasteiger partial charge in [0, 0.05) is 11.1 Å². The average Bonchev–Trinajstić information content (AvgIpc) is 2.75. The molecule has 0 aliphatic carbocycles. The van der Waals surface area contributed by atoms with E-state index in [9.17, 15) is 23.9 Å². The molecule has 0 atom stereocenters. The molecule has 40 heavy (non-hydrogen) atoms. The Morgan fingerprint density at radius 3 is 1.32 bits per heavy atom. The van der Waals surface area contributed by atoms with Gasteiger partial charge in [0.15, 0.2) is 9.84 Å². The van der Waals surface area contributed by atoms with Crippen molar-refractivity contribution < 1.29 is 18.6 Å².